The third-order valence-electron chi connectivity index (χ3n) is 6.16. The fourth-order valence-corrected chi connectivity index (χ4v) is 5.03. The van der Waals surface area contributed by atoms with Crippen LogP contribution in [0.15, 0.2) is 0 Å². The molecule has 0 rings (SSSR count). The number of quaternary nitrogens is 1. The summed E-state index contributed by atoms with van der Waals surface area (Å²) < 4.78 is 23.4. The second kappa shape index (κ2) is 27.4. The lowest BCUT2D eigenvalue weighted by molar-refractivity contribution is -0.890. The SMILES string of the molecule is CCCCCCCCCN(C)C.CCCCCCCC[N+](C)(C)CCCCCC.O=P(O)(O)OP(=O)(O)O. The van der Waals surface area contributed by atoms with E-state index in [1.165, 1.54) is 133 Å². The molecule has 0 atom stereocenters. The van der Waals surface area contributed by atoms with Crippen molar-refractivity contribution in [3.63, 3.8) is 0 Å². The second-order valence-corrected chi connectivity index (χ2v) is 13.8. The summed E-state index contributed by atoms with van der Waals surface area (Å²) in [6.07, 6.45) is 24.0. The van der Waals surface area contributed by atoms with E-state index in [1.54, 1.807) is 0 Å². The van der Waals surface area contributed by atoms with Crippen LogP contribution in [0.4, 0.5) is 0 Å². The van der Waals surface area contributed by atoms with Gasteiger partial charge in [-0.2, -0.15) is 4.31 Å². The molecule has 0 aliphatic heterocycles. The first-order chi connectivity index (χ1) is 17.6. The van der Waals surface area contributed by atoms with Crippen LogP contribution in [0.1, 0.15) is 130 Å². The van der Waals surface area contributed by atoms with Gasteiger partial charge in [0.05, 0.1) is 27.2 Å². The Morgan fingerprint density at radius 1 is 0.553 bits per heavy atom. The molecule has 0 unspecified atom stereocenters. The summed E-state index contributed by atoms with van der Waals surface area (Å²) in [7, 11) is -0.999. The molecule has 0 saturated carbocycles. The Hall–Kier alpha value is 0.180. The molecule has 9 nitrogen and oxygen atoms in total. The largest absolute Gasteiger partial charge is 0.478 e. The van der Waals surface area contributed by atoms with Gasteiger partial charge in [0.25, 0.3) is 0 Å². The van der Waals surface area contributed by atoms with Crippen LogP contribution < -0.4 is 0 Å². The number of unbranched alkanes of at least 4 members (excludes halogenated alkanes) is 14. The molecular weight excluding hydrogens is 526 g/mol. The minimum absolute atomic E-state index is 1.23. The molecular formula is C27H65N2O7P2+. The van der Waals surface area contributed by atoms with Crippen LogP contribution in [-0.4, -0.2) is 76.8 Å². The highest BCUT2D eigenvalue weighted by Crippen LogP contribution is 2.53. The van der Waals surface area contributed by atoms with Crippen LogP contribution in [0.5, 0.6) is 0 Å². The molecule has 0 spiro atoms. The van der Waals surface area contributed by atoms with Crippen molar-refractivity contribution >= 4 is 15.6 Å². The Morgan fingerprint density at radius 3 is 1.13 bits per heavy atom. The van der Waals surface area contributed by atoms with Gasteiger partial charge in [0, 0.05) is 0 Å². The zero-order chi connectivity index (χ0) is 29.9. The molecule has 0 aromatic heterocycles. The summed E-state index contributed by atoms with van der Waals surface area (Å²) >= 11 is 0. The number of phosphoric acid groups is 2. The smallest absolute Gasteiger partial charge is 0.328 e. The normalized spacial score (nSPS) is 12.1. The van der Waals surface area contributed by atoms with Gasteiger partial charge >= 0.3 is 15.6 Å². The lowest BCUT2D eigenvalue weighted by atomic mass is 10.1. The lowest BCUT2D eigenvalue weighted by Gasteiger charge is -2.30. The number of hydrogen-bond acceptors (Lipinski definition) is 4. The van der Waals surface area contributed by atoms with Gasteiger partial charge in [-0.05, 0) is 52.7 Å². The van der Waals surface area contributed by atoms with E-state index in [4.69, 9.17) is 19.6 Å². The van der Waals surface area contributed by atoms with E-state index in [0.717, 1.165) is 0 Å². The molecule has 0 amide bonds. The maximum atomic E-state index is 9.63. The van der Waals surface area contributed by atoms with Crippen LogP contribution in [0.3, 0.4) is 0 Å². The standard InChI is InChI=1S/C16H36N.C11H25N.H4O7P2/c1-5-7-9-11-12-14-16-17(3,4)15-13-10-8-6-2;1-4-5-6-7-8-9-10-11-12(2)3;1-8(2,3)7-9(4,5)6/h5-16H2,1-4H3;4-11H2,1-3H3;(H2,1,2,3)(H2,4,5,6)/q+1;;. The molecule has 0 heterocycles. The highest BCUT2D eigenvalue weighted by molar-refractivity contribution is 7.60. The second-order valence-electron chi connectivity index (χ2n) is 11.2. The lowest BCUT2D eigenvalue weighted by Crippen LogP contribution is -2.41. The van der Waals surface area contributed by atoms with Crippen molar-refractivity contribution in [3.05, 3.63) is 0 Å². The van der Waals surface area contributed by atoms with Gasteiger partial charge in [0.1, 0.15) is 0 Å². The first kappa shape index (κ1) is 42.6. The van der Waals surface area contributed by atoms with E-state index < -0.39 is 15.6 Å². The van der Waals surface area contributed by atoms with E-state index in [0.29, 0.717) is 0 Å². The van der Waals surface area contributed by atoms with E-state index in [1.807, 2.05) is 0 Å². The average Bonchev–Trinajstić information content (AvgIpc) is 2.77. The van der Waals surface area contributed by atoms with Crippen molar-refractivity contribution < 1.29 is 37.5 Å². The van der Waals surface area contributed by atoms with E-state index in [9.17, 15) is 9.13 Å². The highest BCUT2D eigenvalue weighted by atomic mass is 31.3. The Kier molecular flexibility index (Phi) is 30.7. The molecule has 0 aliphatic carbocycles. The van der Waals surface area contributed by atoms with E-state index in [2.05, 4.69) is 58.2 Å². The fraction of sp³-hybridized carbons (Fsp3) is 1.00. The van der Waals surface area contributed by atoms with E-state index in [-0.39, 0.29) is 0 Å². The van der Waals surface area contributed by atoms with Crippen molar-refractivity contribution in [1.29, 1.82) is 0 Å². The highest BCUT2D eigenvalue weighted by Gasteiger charge is 2.27. The van der Waals surface area contributed by atoms with Crippen LogP contribution in [0.25, 0.3) is 0 Å². The van der Waals surface area contributed by atoms with Gasteiger partial charge in [-0.15, -0.1) is 0 Å². The number of nitrogens with zero attached hydrogens (tertiary/aromatic N) is 2. The van der Waals surface area contributed by atoms with Gasteiger partial charge in [-0.3, -0.25) is 0 Å². The van der Waals surface area contributed by atoms with Gasteiger partial charge in [0.2, 0.25) is 0 Å². The van der Waals surface area contributed by atoms with Gasteiger partial charge in [0.15, 0.2) is 0 Å². The molecule has 0 saturated heterocycles. The molecule has 0 aliphatic rings. The first-order valence-electron chi connectivity index (χ1n) is 14.9. The fourth-order valence-electron chi connectivity index (χ4n) is 3.92. The Balaban J connectivity index is -0.000000511. The average molecular weight is 592 g/mol. The van der Waals surface area contributed by atoms with Crippen molar-refractivity contribution in [2.75, 3.05) is 47.8 Å². The summed E-state index contributed by atoms with van der Waals surface area (Å²) in [5.74, 6) is 0. The van der Waals surface area contributed by atoms with Crippen LogP contribution in [0, 0.1) is 0 Å². The molecule has 234 valence electrons. The minimum Gasteiger partial charge on any atom is -0.328 e. The summed E-state index contributed by atoms with van der Waals surface area (Å²) in [6, 6.07) is 0. The first-order valence-corrected chi connectivity index (χ1v) is 17.9. The molecule has 0 aromatic carbocycles. The minimum atomic E-state index is -5.05. The Bertz CT molecular complexity index is 562. The molecule has 38 heavy (non-hydrogen) atoms. The Labute approximate surface area is 235 Å². The third kappa shape index (κ3) is 46.1. The zero-order valence-electron chi connectivity index (χ0n) is 25.9. The summed E-state index contributed by atoms with van der Waals surface area (Å²) in [5.41, 5.74) is 0. The molecule has 0 aromatic rings. The monoisotopic (exact) mass is 591 g/mol. The van der Waals surface area contributed by atoms with Gasteiger partial charge < -0.3 is 29.0 Å². The number of rotatable bonds is 22. The predicted molar refractivity (Wildman–Crippen MR) is 161 cm³/mol. The van der Waals surface area contributed by atoms with Gasteiger partial charge in [-0.1, -0.05) is 97.8 Å². The van der Waals surface area contributed by atoms with Crippen LogP contribution in [-0.2, 0) is 13.4 Å². The zero-order valence-corrected chi connectivity index (χ0v) is 27.7. The quantitative estimate of drug-likeness (QED) is 0.0579. The topological polar surface area (TPSA) is 128 Å². The van der Waals surface area contributed by atoms with Crippen molar-refractivity contribution in [3.8, 4) is 0 Å². The molecule has 11 heteroatoms. The van der Waals surface area contributed by atoms with Gasteiger partial charge in [-0.25, -0.2) is 9.13 Å². The molecule has 0 fully saturated rings. The summed E-state index contributed by atoms with van der Waals surface area (Å²) in [6.45, 7) is 10.8. The van der Waals surface area contributed by atoms with Crippen molar-refractivity contribution in [2.24, 2.45) is 0 Å². The maximum Gasteiger partial charge on any atom is 0.478 e. The van der Waals surface area contributed by atoms with Crippen LogP contribution in [0.2, 0.25) is 0 Å². The van der Waals surface area contributed by atoms with Crippen LogP contribution >= 0.6 is 15.6 Å². The maximum absolute atomic E-state index is 9.63. The summed E-state index contributed by atoms with van der Waals surface area (Å²) in [4.78, 5) is 33.3. The molecule has 0 bridgehead atoms. The Morgan fingerprint density at radius 2 is 0.842 bits per heavy atom. The van der Waals surface area contributed by atoms with E-state index >= 15 is 0 Å². The molecule has 0 radical (unpaired) electrons. The third-order valence-corrected chi connectivity index (χ3v) is 7.86. The summed E-state index contributed by atoms with van der Waals surface area (Å²) in [5, 5.41) is 0. The predicted octanol–water partition coefficient (Wildman–Crippen LogP) is 7.49. The number of hydrogen-bond donors (Lipinski definition) is 4. The van der Waals surface area contributed by atoms with Crippen molar-refractivity contribution in [1.82, 2.24) is 4.90 Å². The molecule has 4 N–H and O–H groups in total. The van der Waals surface area contributed by atoms with Crippen molar-refractivity contribution in [2.45, 2.75) is 130 Å².